The zero-order valence-electron chi connectivity index (χ0n) is 11.6. The van der Waals surface area contributed by atoms with Crippen molar-refractivity contribution in [3.05, 3.63) is 39.7 Å². The van der Waals surface area contributed by atoms with Gasteiger partial charge in [0.25, 0.3) is 0 Å². The quantitative estimate of drug-likeness (QED) is 0.664. The summed E-state index contributed by atoms with van der Waals surface area (Å²) in [6, 6.07) is 4.67. The van der Waals surface area contributed by atoms with Gasteiger partial charge in [-0.1, -0.05) is 13.0 Å². The standard InChI is InChI=1S/C14H20FN3O2/c1-2-17(12-5-7-16-8-6-12)10-11-3-4-14(18(19)20)13(15)9-11/h3-4,9,12,16H,2,5-8,10H2,1H3. The van der Waals surface area contributed by atoms with Crippen molar-refractivity contribution >= 4 is 5.69 Å². The van der Waals surface area contributed by atoms with Crippen molar-refractivity contribution in [1.29, 1.82) is 0 Å². The number of halogens is 1. The molecule has 1 aliphatic rings. The summed E-state index contributed by atoms with van der Waals surface area (Å²) in [4.78, 5) is 12.2. The van der Waals surface area contributed by atoms with Gasteiger partial charge < -0.3 is 5.32 Å². The van der Waals surface area contributed by atoms with E-state index in [0.29, 0.717) is 12.6 Å². The van der Waals surface area contributed by atoms with E-state index in [1.807, 2.05) is 0 Å². The van der Waals surface area contributed by atoms with Crippen molar-refractivity contribution < 1.29 is 9.31 Å². The van der Waals surface area contributed by atoms with E-state index in [0.717, 1.165) is 38.0 Å². The first-order valence-corrected chi connectivity index (χ1v) is 6.99. The first-order chi connectivity index (χ1) is 9.61. The lowest BCUT2D eigenvalue weighted by Crippen LogP contribution is -2.42. The molecule has 0 radical (unpaired) electrons. The summed E-state index contributed by atoms with van der Waals surface area (Å²) in [5, 5.41) is 13.9. The Kier molecular flexibility index (Phi) is 5.03. The van der Waals surface area contributed by atoms with Crippen LogP contribution in [0.5, 0.6) is 0 Å². The molecule has 0 unspecified atom stereocenters. The molecular formula is C14H20FN3O2. The summed E-state index contributed by atoms with van der Waals surface area (Å²) in [7, 11) is 0. The van der Waals surface area contributed by atoms with Gasteiger partial charge in [-0.3, -0.25) is 15.0 Å². The molecule has 0 bridgehead atoms. The fraction of sp³-hybridized carbons (Fsp3) is 0.571. The summed E-state index contributed by atoms with van der Waals surface area (Å²) in [5.41, 5.74) is 0.326. The van der Waals surface area contributed by atoms with Crippen LogP contribution in [0.25, 0.3) is 0 Å². The van der Waals surface area contributed by atoms with Gasteiger partial charge in [-0.2, -0.15) is 4.39 Å². The number of piperidine rings is 1. The highest BCUT2D eigenvalue weighted by atomic mass is 19.1. The molecule has 0 amide bonds. The molecule has 20 heavy (non-hydrogen) atoms. The first-order valence-electron chi connectivity index (χ1n) is 6.99. The maximum absolute atomic E-state index is 13.6. The summed E-state index contributed by atoms with van der Waals surface area (Å²) in [5.74, 6) is -0.756. The molecule has 1 aromatic carbocycles. The second-order valence-corrected chi connectivity index (χ2v) is 5.09. The SMILES string of the molecule is CCN(Cc1ccc([N+](=O)[O-])c(F)c1)C1CCNCC1. The third-order valence-corrected chi connectivity index (χ3v) is 3.83. The van der Waals surface area contributed by atoms with E-state index in [1.54, 1.807) is 6.07 Å². The highest BCUT2D eigenvalue weighted by molar-refractivity contribution is 5.35. The van der Waals surface area contributed by atoms with Crippen LogP contribution < -0.4 is 5.32 Å². The molecule has 5 nitrogen and oxygen atoms in total. The van der Waals surface area contributed by atoms with Gasteiger partial charge in [0.15, 0.2) is 0 Å². The van der Waals surface area contributed by atoms with Crippen LogP contribution in [0.4, 0.5) is 10.1 Å². The Morgan fingerprint density at radius 3 is 2.70 bits per heavy atom. The minimum absolute atomic E-state index is 0.460. The number of rotatable bonds is 5. The van der Waals surface area contributed by atoms with Crippen LogP contribution in [0.3, 0.4) is 0 Å². The summed E-state index contributed by atoms with van der Waals surface area (Å²) in [6.45, 7) is 5.63. The summed E-state index contributed by atoms with van der Waals surface area (Å²) in [6.07, 6.45) is 2.17. The molecule has 1 N–H and O–H groups in total. The Morgan fingerprint density at radius 1 is 1.45 bits per heavy atom. The molecule has 0 saturated carbocycles. The van der Waals surface area contributed by atoms with E-state index in [4.69, 9.17) is 0 Å². The van der Waals surface area contributed by atoms with E-state index >= 15 is 0 Å². The lowest BCUT2D eigenvalue weighted by atomic mass is 10.0. The van der Waals surface area contributed by atoms with Gasteiger partial charge in [0.05, 0.1) is 4.92 Å². The van der Waals surface area contributed by atoms with Crippen LogP contribution in [-0.2, 0) is 6.54 Å². The number of nitro groups is 1. The Labute approximate surface area is 117 Å². The van der Waals surface area contributed by atoms with Crippen molar-refractivity contribution in [2.75, 3.05) is 19.6 Å². The van der Waals surface area contributed by atoms with Crippen LogP contribution in [-0.4, -0.2) is 35.5 Å². The Morgan fingerprint density at radius 2 is 2.15 bits per heavy atom. The zero-order chi connectivity index (χ0) is 14.5. The summed E-state index contributed by atoms with van der Waals surface area (Å²) >= 11 is 0. The maximum Gasteiger partial charge on any atom is 0.304 e. The van der Waals surface area contributed by atoms with Crippen molar-refractivity contribution in [3.63, 3.8) is 0 Å². The Hall–Kier alpha value is -1.53. The van der Waals surface area contributed by atoms with Gasteiger partial charge in [-0.15, -0.1) is 0 Å². The molecule has 1 aromatic rings. The number of nitro benzene ring substituents is 1. The molecule has 2 rings (SSSR count). The number of hydrogen-bond donors (Lipinski definition) is 1. The van der Waals surface area contributed by atoms with Crippen molar-refractivity contribution in [3.8, 4) is 0 Å². The van der Waals surface area contributed by atoms with Gasteiger partial charge in [0.1, 0.15) is 0 Å². The molecular weight excluding hydrogens is 261 g/mol. The minimum atomic E-state index is -0.756. The Bertz CT molecular complexity index is 475. The highest BCUT2D eigenvalue weighted by Gasteiger charge is 2.21. The normalized spacial score (nSPS) is 16.6. The monoisotopic (exact) mass is 281 g/mol. The minimum Gasteiger partial charge on any atom is -0.317 e. The van der Waals surface area contributed by atoms with Gasteiger partial charge >= 0.3 is 5.69 Å². The largest absolute Gasteiger partial charge is 0.317 e. The fourth-order valence-electron chi connectivity index (χ4n) is 2.70. The van der Waals surface area contributed by atoms with Gasteiger partial charge in [0.2, 0.25) is 5.82 Å². The van der Waals surface area contributed by atoms with Crippen molar-refractivity contribution in [2.45, 2.75) is 32.4 Å². The second kappa shape index (κ2) is 6.76. The number of benzene rings is 1. The fourth-order valence-corrected chi connectivity index (χ4v) is 2.70. The van der Waals surface area contributed by atoms with E-state index in [1.165, 1.54) is 12.1 Å². The van der Waals surface area contributed by atoms with E-state index in [9.17, 15) is 14.5 Å². The molecule has 0 aromatic heterocycles. The van der Waals surface area contributed by atoms with Gasteiger partial charge in [0, 0.05) is 18.7 Å². The van der Waals surface area contributed by atoms with E-state index in [-0.39, 0.29) is 0 Å². The van der Waals surface area contributed by atoms with Crippen LogP contribution in [0, 0.1) is 15.9 Å². The third kappa shape index (κ3) is 3.52. The van der Waals surface area contributed by atoms with Crippen molar-refractivity contribution in [2.24, 2.45) is 0 Å². The molecule has 0 aliphatic carbocycles. The van der Waals surface area contributed by atoms with E-state index < -0.39 is 16.4 Å². The average molecular weight is 281 g/mol. The first kappa shape index (κ1) is 14.9. The molecule has 1 fully saturated rings. The smallest absolute Gasteiger partial charge is 0.304 e. The molecule has 1 saturated heterocycles. The molecule has 0 spiro atoms. The van der Waals surface area contributed by atoms with Crippen LogP contribution in [0.15, 0.2) is 18.2 Å². The average Bonchev–Trinajstić information content (AvgIpc) is 2.45. The topological polar surface area (TPSA) is 58.4 Å². The third-order valence-electron chi connectivity index (χ3n) is 3.83. The molecule has 0 atom stereocenters. The molecule has 1 heterocycles. The number of nitrogens with zero attached hydrogens (tertiary/aromatic N) is 2. The van der Waals surface area contributed by atoms with Crippen LogP contribution in [0.2, 0.25) is 0 Å². The molecule has 110 valence electrons. The highest BCUT2D eigenvalue weighted by Crippen LogP contribution is 2.21. The number of hydrogen-bond acceptors (Lipinski definition) is 4. The maximum atomic E-state index is 13.6. The molecule has 6 heteroatoms. The lowest BCUT2D eigenvalue weighted by Gasteiger charge is -2.33. The van der Waals surface area contributed by atoms with Crippen LogP contribution in [0.1, 0.15) is 25.3 Å². The number of nitrogens with one attached hydrogen (secondary N) is 1. The van der Waals surface area contributed by atoms with Crippen molar-refractivity contribution in [1.82, 2.24) is 10.2 Å². The predicted molar refractivity (Wildman–Crippen MR) is 75.0 cm³/mol. The summed E-state index contributed by atoms with van der Waals surface area (Å²) < 4.78 is 13.6. The van der Waals surface area contributed by atoms with Gasteiger partial charge in [-0.05, 0) is 44.1 Å². The predicted octanol–water partition coefficient (Wildman–Crippen LogP) is 2.31. The zero-order valence-corrected chi connectivity index (χ0v) is 11.6. The molecule has 1 aliphatic heterocycles. The second-order valence-electron chi connectivity index (χ2n) is 5.09. The Balaban J connectivity index is 2.07. The van der Waals surface area contributed by atoms with E-state index in [2.05, 4.69) is 17.1 Å². The lowest BCUT2D eigenvalue weighted by molar-refractivity contribution is -0.387. The van der Waals surface area contributed by atoms with Gasteiger partial charge in [-0.25, -0.2) is 0 Å². The van der Waals surface area contributed by atoms with Crippen LogP contribution >= 0.6 is 0 Å².